The van der Waals surface area contributed by atoms with Crippen molar-refractivity contribution in [1.82, 2.24) is 0 Å². The fourth-order valence-electron chi connectivity index (χ4n) is 1.96. The highest BCUT2D eigenvalue weighted by Gasteiger charge is 2.20. The highest BCUT2D eigenvalue weighted by molar-refractivity contribution is 7.80. The predicted molar refractivity (Wildman–Crippen MR) is 66.6 cm³/mol. The number of carbonyl (C=O) groups excluding carboxylic acids is 1. The molecule has 0 aliphatic heterocycles. The zero-order valence-electron chi connectivity index (χ0n) is 8.57. The first kappa shape index (κ1) is 10.5. The Hall–Kier alpha value is -1.02. The van der Waals surface area contributed by atoms with E-state index >= 15 is 0 Å². The van der Waals surface area contributed by atoms with Crippen molar-refractivity contribution >= 4 is 24.5 Å². The second-order valence-electron chi connectivity index (χ2n) is 3.71. The summed E-state index contributed by atoms with van der Waals surface area (Å²) in [5.41, 5.74) is 3.33. The normalized spacial score (nSPS) is 14.9. The Morgan fingerprint density at radius 3 is 3.00 bits per heavy atom. The van der Waals surface area contributed by atoms with Crippen molar-refractivity contribution in [1.29, 1.82) is 0 Å². The number of thiol groups is 1. The summed E-state index contributed by atoms with van der Waals surface area (Å²) in [5, 5.41) is 0. The largest absolute Gasteiger partial charge is 0.294 e. The highest BCUT2D eigenvalue weighted by atomic mass is 32.1. The molecule has 0 amide bonds. The minimum absolute atomic E-state index is 0.287. The quantitative estimate of drug-likeness (QED) is 0.771. The average molecular weight is 218 g/mol. The minimum atomic E-state index is 0.287. The van der Waals surface area contributed by atoms with Gasteiger partial charge in [0.15, 0.2) is 5.78 Å². The molecule has 0 spiro atoms. The number of hydrogen-bond donors (Lipinski definition) is 1. The number of Topliss-reactive ketones (excluding diaryl/α,β-unsaturated/α-hetero) is 1. The molecule has 1 aromatic carbocycles. The molecule has 0 saturated carbocycles. The van der Waals surface area contributed by atoms with Crippen LogP contribution in [0.1, 0.15) is 34.3 Å². The smallest absolute Gasteiger partial charge is 0.163 e. The van der Waals surface area contributed by atoms with Gasteiger partial charge in [0.25, 0.3) is 0 Å². The highest BCUT2D eigenvalue weighted by Crippen LogP contribution is 2.26. The van der Waals surface area contributed by atoms with E-state index < -0.39 is 0 Å². The molecule has 1 aromatic rings. The van der Waals surface area contributed by atoms with Crippen LogP contribution >= 0.6 is 12.6 Å². The van der Waals surface area contributed by atoms with E-state index in [0.717, 1.165) is 24.2 Å². The van der Waals surface area contributed by atoms with Gasteiger partial charge in [-0.25, -0.2) is 0 Å². The lowest BCUT2D eigenvalue weighted by atomic mass is 10.0. The van der Waals surface area contributed by atoms with E-state index in [4.69, 9.17) is 0 Å². The van der Waals surface area contributed by atoms with Crippen LogP contribution in [0.3, 0.4) is 0 Å². The van der Waals surface area contributed by atoms with Crippen molar-refractivity contribution in [2.24, 2.45) is 0 Å². The third kappa shape index (κ3) is 2.15. The molecular weight excluding hydrogens is 204 g/mol. The molecule has 1 aliphatic carbocycles. The summed E-state index contributed by atoms with van der Waals surface area (Å²) < 4.78 is 0. The molecule has 0 bridgehead atoms. The maximum atomic E-state index is 11.5. The summed E-state index contributed by atoms with van der Waals surface area (Å²) in [7, 11) is 0. The molecule has 78 valence electrons. The van der Waals surface area contributed by atoms with Gasteiger partial charge in [-0.05, 0) is 29.7 Å². The van der Waals surface area contributed by atoms with Crippen LogP contribution in [0.25, 0.3) is 6.08 Å². The number of fused-ring (bicyclic) bond motifs is 1. The van der Waals surface area contributed by atoms with E-state index in [0.29, 0.717) is 6.42 Å². The van der Waals surface area contributed by atoms with E-state index in [2.05, 4.69) is 30.8 Å². The van der Waals surface area contributed by atoms with Crippen LogP contribution in [0.5, 0.6) is 0 Å². The Balaban J connectivity index is 2.30. The van der Waals surface area contributed by atoms with Crippen molar-refractivity contribution in [2.45, 2.75) is 19.3 Å². The molecule has 2 heteroatoms. The van der Waals surface area contributed by atoms with Crippen molar-refractivity contribution in [3.05, 3.63) is 41.0 Å². The summed E-state index contributed by atoms with van der Waals surface area (Å²) in [6.45, 7) is 0. The summed E-state index contributed by atoms with van der Waals surface area (Å²) in [4.78, 5) is 11.5. The van der Waals surface area contributed by atoms with Gasteiger partial charge >= 0.3 is 0 Å². The van der Waals surface area contributed by atoms with E-state index in [1.165, 1.54) is 11.1 Å². The summed E-state index contributed by atoms with van der Waals surface area (Å²) in [6.07, 6.45) is 6.77. The Bertz CT molecular complexity index is 407. The number of benzene rings is 1. The Labute approximate surface area is 95.6 Å². The molecule has 0 heterocycles. The molecular formula is C13H14OS. The summed E-state index contributed by atoms with van der Waals surface area (Å²) in [5.74, 6) is 1.15. The van der Waals surface area contributed by atoms with Gasteiger partial charge in [-0.1, -0.05) is 30.4 Å². The van der Waals surface area contributed by atoms with Gasteiger partial charge in [0.05, 0.1) is 0 Å². The van der Waals surface area contributed by atoms with Gasteiger partial charge in [0.1, 0.15) is 0 Å². The Morgan fingerprint density at radius 1 is 1.33 bits per heavy atom. The topological polar surface area (TPSA) is 17.1 Å². The van der Waals surface area contributed by atoms with Gasteiger partial charge < -0.3 is 0 Å². The van der Waals surface area contributed by atoms with Crippen LogP contribution < -0.4 is 0 Å². The fraction of sp³-hybridized carbons (Fsp3) is 0.308. The molecule has 0 N–H and O–H groups in total. The van der Waals surface area contributed by atoms with Crippen LogP contribution in [0.15, 0.2) is 24.3 Å². The molecule has 0 radical (unpaired) electrons. The van der Waals surface area contributed by atoms with Gasteiger partial charge in [0, 0.05) is 12.0 Å². The van der Waals surface area contributed by atoms with Gasteiger partial charge in [-0.3, -0.25) is 4.79 Å². The molecule has 0 fully saturated rings. The molecule has 0 aromatic heterocycles. The van der Waals surface area contributed by atoms with Crippen molar-refractivity contribution in [3.63, 3.8) is 0 Å². The first-order valence-electron chi connectivity index (χ1n) is 5.25. The average Bonchev–Trinajstić information content (AvgIpc) is 2.62. The maximum absolute atomic E-state index is 11.5. The third-order valence-electron chi connectivity index (χ3n) is 2.71. The third-order valence-corrected chi connectivity index (χ3v) is 2.97. The monoisotopic (exact) mass is 218 g/mol. The first-order valence-corrected chi connectivity index (χ1v) is 5.88. The zero-order valence-corrected chi connectivity index (χ0v) is 9.47. The predicted octanol–water partition coefficient (Wildman–Crippen LogP) is 3.15. The molecule has 15 heavy (non-hydrogen) atoms. The van der Waals surface area contributed by atoms with E-state index in [9.17, 15) is 4.79 Å². The van der Waals surface area contributed by atoms with E-state index in [1.807, 2.05) is 12.1 Å². The number of carbonyl (C=O) groups is 1. The molecule has 0 atom stereocenters. The zero-order chi connectivity index (χ0) is 10.7. The lowest BCUT2D eigenvalue weighted by Crippen LogP contribution is -1.91. The second-order valence-corrected chi connectivity index (χ2v) is 4.16. The van der Waals surface area contributed by atoms with Crippen LogP contribution in [0.4, 0.5) is 0 Å². The van der Waals surface area contributed by atoms with Crippen LogP contribution in [0, 0.1) is 0 Å². The molecule has 2 rings (SSSR count). The summed E-state index contributed by atoms with van der Waals surface area (Å²) >= 11 is 4.16. The molecule has 0 saturated heterocycles. The van der Waals surface area contributed by atoms with Gasteiger partial charge in [-0.2, -0.15) is 12.6 Å². The van der Waals surface area contributed by atoms with Crippen molar-refractivity contribution in [3.8, 4) is 0 Å². The Morgan fingerprint density at radius 2 is 2.20 bits per heavy atom. The molecule has 1 nitrogen and oxygen atoms in total. The number of ketones is 1. The Kier molecular flexibility index (Phi) is 3.27. The standard InChI is InChI=1S/C13H14OS/c14-13-8-7-11-10(4-1-2-9-15)5-3-6-12(11)13/h1,3-6,15H,2,7-9H2. The summed E-state index contributed by atoms with van der Waals surface area (Å²) in [6, 6.07) is 5.97. The SMILES string of the molecule is O=C1CCc2c(C=CCCS)cccc21. The lowest BCUT2D eigenvalue weighted by Gasteiger charge is -2.02. The number of hydrogen-bond acceptors (Lipinski definition) is 2. The lowest BCUT2D eigenvalue weighted by molar-refractivity contribution is 0.0994. The van der Waals surface area contributed by atoms with Gasteiger partial charge in [0.2, 0.25) is 0 Å². The van der Waals surface area contributed by atoms with E-state index in [-0.39, 0.29) is 5.78 Å². The number of allylic oxidation sites excluding steroid dienone is 1. The van der Waals surface area contributed by atoms with Crippen LogP contribution in [0.2, 0.25) is 0 Å². The first-order chi connectivity index (χ1) is 7.33. The van der Waals surface area contributed by atoms with Crippen molar-refractivity contribution in [2.75, 3.05) is 5.75 Å². The second kappa shape index (κ2) is 4.67. The van der Waals surface area contributed by atoms with Crippen LogP contribution in [-0.4, -0.2) is 11.5 Å². The molecule has 0 unspecified atom stereocenters. The fourth-order valence-corrected chi connectivity index (χ4v) is 2.11. The van der Waals surface area contributed by atoms with E-state index in [1.54, 1.807) is 0 Å². The van der Waals surface area contributed by atoms with Crippen LogP contribution in [-0.2, 0) is 6.42 Å². The molecule has 1 aliphatic rings. The minimum Gasteiger partial charge on any atom is -0.294 e. The van der Waals surface area contributed by atoms with Gasteiger partial charge in [-0.15, -0.1) is 0 Å². The maximum Gasteiger partial charge on any atom is 0.163 e. The number of rotatable bonds is 3. The van der Waals surface area contributed by atoms with Crippen molar-refractivity contribution < 1.29 is 4.79 Å².